The van der Waals surface area contributed by atoms with Crippen molar-refractivity contribution in [1.82, 2.24) is 0 Å². The first-order valence-electron chi connectivity index (χ1n) is 7.59. The average molecular weight is 327 g/mol. The van der Waals surface area contributed by atoms with Gasteiger partial charge >= 0.3 is 0 Å². The lowest BCUT2D eigenvalue weighted by Crippen LogP contribution is -2.30. The van der Waals surface area contributed by atoms with Crippen LogP contribution in [0, 0.1) is 11.6 Å². The van der Waals surface area contributed by atoms with Crippen molar-refractivity contribution in [1.29, 1.82) is 0 Å². The topological polar surface area (TPSA) is 45.0 Å². The summed E-state index contributed by atoms with van der Waals surface area (Å²) in [6, 6.07) is 10.8. The van der Waals surface area contributed by atoms with Gasteiger partial charge in [-0.2, -0.15) is 5.10 Å². The first-order valence-corrected chi connectivity index (χ1v) is 7.59. The van der Waals surface area contributed by atoms with Crippen LogP contribution in [0.5, 0.6) is 0 Å². The molecule has 0 saturated carbocycles. The van der Waals surface area contributed by atoms with Crippen LogP contribution in [0.1, 0.15) is 24.5 Å². The molecule has 2 aromatic carbocycles. The van der Waals surface area contributed by atoms with Gasteiger partial charge in [0.2, 0.25) is 0 Å². The molecular formula is C18H15F2N3O. The maximum atomic E-state index is 13.2. The lowest BCUT2D eigenvalue weighted by atomic mass is 10.1. The van der Waals surface area contributed by atoms with Crippen molar-refractivity contribution in [3.63, 3.8) is 0 Å². The third-order valence-corrected chi connectivity index (χ3v) is 3.65. The number of fused-ring (bicyclic) bond motifs is 1. The number of amides is 1. The number of anilines is 1. The summed E-state index contributed by atoms with van der Waals surface area (Å²) in [6.07, 6.45) is 2.11. The summed E-state index contributed by atoms with van der Waals surface area (Å²) in [5.41, 5.74) is 2.14. The largest absolute Gasteiger partial charge is 0.306 e. The van der Waals surface area contributed by atoms with Gasteiger partial charge in [0.05, 0.1) is 11.9 Å². The smallest absolute Gasteiger partial charge is 0.279 e. The molecular weight excluding hydrogens is 312 g/mol. The van der Waals surface area contributed by atoms with E-state index in [1.165, 1.54) is 12.3 Å². The minimum absolute atomic E-state index is 0.208. The Morgan fingerprint density at radius 2 is 1.92 bits per heavy atom. The highest BCUT2D eigenvalue weighted by atomic mass is 19.2. The molecule has 0 bridgehead atoms. The molecule has 24 heavy (non-hydrogen) atoms. The van der Waals surface area contributed by atoms with Crippen molar-refractivity contribution in [2.45, 2.75) is 13.3 Å². The van der Waals surface area contributed by atoms with Crippen molar-refractivity contribution in [2.24, 2.45) is 10.2 Å². The van der Waals surface area contributed by atoms with Gasteiger partial charge in [-0.3, -0.25) is 4.79 Å². The van der Waals surface area contributed by atoms with Crippen LogP contribution in [-0.4, -0.2) is 24.4 Å². The van der Waals surface area contributed by atoms with Crippen LogP contribution in [0.25, 0.3) is 0 Å². The zero-order valence-corrected chi connectivity index (χ0v) is 13.0. The second-order valence-electron chi connectivity index (χ2n) is 5.34. The monoisotopic (exact) mass is 327 g/mol. The highest BCUT2D eigenvalue weighted by Gasteiger charge is 2.33. The molecule has 6 heteroatoms. The number of benzene rings is 2. The first kappa shape index (κ1) is 16.0. The van der Waals surface area contributed by atoms with E-state index in [-0.39, 0.29) is 11.6 Å². The number of nitrogens with zero attached hydrogens (tertiary/aromatic N) is 3. The molecule has 1 aliphatic heterocycles. The maximum absolute atomic E-state index is 13.2. The summed E-state index contributed by atoms with van der Waals surface area (Å²) in [4.78, 5) is 14.2. The van der Waals surface area contributed by atoms with Crippen molar-refractivity contribution in [3.05, 3.63) is 65.2 Å². The van der Waals surface area contributed by atoms with E-state index in [2.05, 4.69) is 10.2 Å². The highest BCUT2D eigenvalue weighted by molar-refractivity contribution is 6.54. The molecule has 3 rings (SSSR count). The number of rotatable bonds is 4. The zero-order valence-electron chi connectivity index (χ0n) is 13.0. The third-order valence-electron chi connectivity index (χ3n) is 3.65. The predicted molar refractivity (Wildman–Crippen MR) is 89.6 cm³/mol. The van der Waals surface area contributed by atoms with Crippen LogP contribution in [0.3, 0.4) is 0 Å². The molecule has 0 spiro atoms. The lowest BCUT2D eigenvalue weighted by molar-refractivity contribution is -0.112. The third kappa shape index (κ3) is 2.95. The molecule has 1 amide bonds. The summed E-state index contributed by atoms with van der Waals surface area (Å²) >= 11 is 0. The summed E-state index contributed by atoms with van der Waals surface area (Å²) in [7, 11) is 0. The van der Waals surface area contributed by atoms with Gasteiger partial charge < -0.3 is 4.90 Å². The summed E-state index contributed by atoms with van der Waals surface area (Å²) < 4.78 is 26.1. The molecule has 2 aromatic rings. The Morgan fingerprint density at radius 1 is 1.12 bits per heavy atom. The van der Waals surface area contributed by atoms with E-state index in [1.54, 1.807) is 4.90 Å². The van der Waals surface area contributed by atoms with Gasteiger partial charge in [0.15, 0.2) is 17.3 Å². The number of hydrogen-bond donors (Lipinski definition) is 0. The molecule has 0 fully saturated rings. The Bertz CT molecular complexity index is 846. The Morgan fingerprint density at radius 3 is 2.67 bits per heavy atom. The summed E-state index contributed by atoms with van der Waals surface area (Å²) in [5, 5.41) is 7.87. The van der Waals surface area contributed by atoms with Gasteiger partial charge in [0.25, 0.3) is 5.91 Å². The fraction of sp³-hybridized carbons (Fsp3) is 0.167. The Kier molecular flexibility index (Phi) is 4.46. The molecule has 4 nitrogen and oxygen atoms in total. The summed E-state index contributed by atoms with van der Waals surface area (Å²) in [6.45, 7) is 2.59. The molecule has 1 aliphatic rings. The minimum Gasteiger partial charge on any atom is -0.306 e. The SMILES string of the molecule is CCCN1C(=O)/C(=N/N=C\c2ccc(F)c(F)c2)c2ccccc21. The van der Waals surface area contributed by atoms with Gasteiger partial charge in [0, 0.05) is 12.1 Å². The quantitative estimate of drug-likeness (QED) is 0.626. The summed E-state index contributed by atoms with van der Waals surface area (Å²) in [5.74, 6) is -2.09. The van der Waals surface area contributed by atoms with Gasteiger partial charge in [0.1, 0.15) is 0 Å². The van der Waals surface area contributed by atoms with Crippen LogP contribution in [0.15, 0.2) is 52.7 Å². The second-order valence-corrected chi connectivity index (χ2v) is 5.34. The highest BCUT2D eigenvalue weighted by Crippen LogP contribution is 2.29. The van der Waals surface area contributed by atoms with Crippen LogP contribution in [0.4, 0.5) is 14.5 Å². The number of hydrogen-bond acceptors (Lipinski definition) is 3. The van der Waals surface area contributed by atoms with Gasteiger partial charge in [-0.1, -0.05) is 31.2 Å². The fourth-order valence-corrected chi connectivity index (χ4v) is 2.55. The molecule has 0 unspecified atom stereocenters. The van der Waals surface area contributed by atoms with Crippen LogP contribution < -0.4 is 4.90 Å². The average Bonchev–Trinajstić information content (AvgIpc) is 2.84. The van der Waals surface area contributed by atoms with E-state index in [9.17, 15) is 13.6 Å². The second kappa shape index (κ2) is 6.70. The molecule has 0 N–H and O–H groups in total. The number of halogens is 2. The van der Waals surface area contributed by atoms with E-state index in [0.29, 0.717) is 12.1 Å². The van der Waals surface area contributed by atoms with E-state index in [1.807, 2.05) is 31.2 Å². The van der Waals surface area contributed by atoms with Crippen molar-refractivity contribution < 1.29 is 13.6 Å². The minimum atomic E-state index is -0.956. The van der Waals surface area contributed by atoms with Crippen molar-refractivity contribution in [3.8, 4) is 0 Å². The molecule has 0 aliphatic carbocycles. The van der Waals surface area contributed by atoms with Gasteiger partial charge in [-0.25, -0.2) is 8.78 Å². The van der Waals surface area contributed by atoms with E-state index in [0.717, 1.165) is 29.8 Å². The van der Waals surface area contributed by atoms with Gasteiger partial charge in [-0.15, -0.1) is 5.10 Å². The molecule has 1 heterocycles. The van der Waals surface area contributed by atoms with E-state index < -0.39 is 11.6 Å². The zero-order chi connectivity index (χ0) is 17.1. The Balaban J connectivity index is 1.90. The van der Waals surface area contributed by atoms with Crippen LogP contribution in [-0.2, 0) is 4.79 Å². The molecule has 0 atom stereocenters. The standard InChI is InChI=1S/C18H15F2N3O/c1-2-9-23-16-6-4-3-5-13(16)17(18(23)24)22-21-11-12-7-8-14(19)15(20)10-12/h3-8,10-11H,2,9H2,1H3/b21-11-,22-17+. The number of para-hydroxylation sites is 1. The van der Waals surface area contributed by atoms with E-state index >= 15 is 0 Å². The number of carbonyl (C=O) groups excluding carboxylic acids is 1. The van der Waals surface area contributed by atoms with E-state index in [4.69, 9.17) is 0 Å². The van der Waals surface area contributed by atoms with Crippen molar-refractivity contribution >= 4 is 23.5 Å². The normalized spacial score (nSPS) is 15.5. The van der Waals surface area contributed by atoms with Crippen molar-refractivity contribution in [2.75, 3.05) is 11.4 Å². The molecule has 0 aromatic heterocycles. The fourth-order valence-electron chi connectivity index (χ4n) is 2.55. The molecule has 0 radical (unpaired) electrons. The molecule has 122 valence electrons. The predicted octanol–water partition coefficient (Wildman–Crippen LogP) is 3.54. The van der Waals surface area contributed by atoms with Gasteiger partial charge in [-0.05, 0) is 30.2 Å². The number of carbonyl (C=O) groups is 1. The lowest BCUT2D eigenvalue weighted by Gasteiger charge is -2.14. The first-order chi connectivity index (χ1) is 11.6. The Labute approximate surface area is 138 Å². The maximum Gasteiger partial charge on any atom is 0.279 e. The van der Waals surface area contributed by atoms with Crippen LogP contribution >= 0.6 is 0 Å². The Hall–Kier alpha value is -2.89. The molecule has 0 saturated heterocycles. The van der Waals surface area contributed by atoms with Crippen LogP contribution in [0.2, 0.25) is 0 Å².